The molecule has 0 fully saturated rings. The number of hydrogen-bond acceptors (Lipinski definition) is 2. The molecule has 54 valence electrons. The van der Waals surface area contributed by atoms with Gasteiger partial charge < -0.3 is 9.21 Å². The number of unbranched alkanes of at least 4 members (excludes halogenated alkanes) is 1. The molecule has 1 aromatic rings. The van der Waals surface area contributed by atoms with E-state index in [2.05, 4.69) is 0 Å². The van der Waals surface area contributed by atoms with Crippen LogP contribution in [-0.2, 0) is 11.2 Å². The second-order valence-corrected chi connectivity index (χ2v) is 2.14. The van der Waals surface area contributed by atoms with E-state index >= 15 is 0 Å². The fourth-order valence-electron chi connectivity index (χ4n) is 0.814. The number of furan rings is 1. The highest BCUT2D eigenvalue weighted by Gasteiger charge is 1.93. The van der Waals surface area contributed by atoms with Gasteiger partial charge in [0, 0.05) is 12.8 Å². The first-order valence-electron chi connectivity index (χ1n) is 3.39. The van der Waals surface area contributed by atoms with E-state index in [0.717, 1.165) is 24.9 Å². The zero-order valence-electron chi connectivity index (χ0n) is 5.75. The van der Waals surface area contributed by atoms with E-state index in [0.29, 0.717) is 6.42 Å². The summed E-state index contributed by atoms with van der Waals surface area (Å²) in [6.45, 7) is 0. The fourth-order valence-corrected chi connectivity index (χ4v) is 0.814. The van der Waals surface area contributed by atoms with E-state index in [1.807, 2.05) is 12.1 Å². The second-order valence-electron chi connectivity index (χ2n) is 2.14. The van der Waals surface area contributed by atoms with Gasteiger partial charge in [-0.3, -0.25) is 0 Å². The van der Waals surface area contributed by atoms with Crippen molar-refractivity contribution in [3.63, 3.8) is 0 Å². The first kappa shape index (κ1) is 7.06. The standard InChI is InChI=1S/C8H10O2/c9-6-2-1-4-8-5-3-7-10-8/h3,5-7H,1-2,4H2. The van der Waals surface area contributed by atoms with Gasteiger partial charge in [0.2, 0.25) is 0 Å². The minimum absolute atomic E-state index is 0.626. The van der Waals surface area contributed by atoms with Crippen molar-refractivity contribution >= 4 is 6.29 Å². The summed E-state index contributed by atoms with van der Waals surface area (Å²) in [4.78, 5) is 9.90. The highest BCUT2D eigenvalue weighted by atomic mass is 16.3. The minimum atomic E-state index is 0.626. The first-order valence-corrected chi connectivity index (χ1v) is 3.39. The highest BCUT2D eigenvalue weighted by Crippen LogP contribution is 2.03. The molecule has 0 aliphatic rings. The molecule has 0 atom stereocenters. The van der Waals surface area contributed by atoms with Gasteiger partial charge in [0.25, 0.3) is 0 Å². The van der Waals surface area contributed by atoms with Gasteiger partial charge in [0.05, 0.1) is 6.26 Å². The summed E-state index contributed by atoms with van der Waals surface area (Å²) in [5.41, 5.74) is 0. The van der Waals surface area contributed by atoms with Gasteiger partial charge in [0.1, 0.15) is 12.0 Å². The van der Waals surface area contributed by atoms with E-state index in [4.69, 9.17) is 4.42 Å². The van der Waals surface area contributed by atoms with Gasteiger partial charge >= 0.3 is 0 Å². The zero-order valence-corrected chi connectivity index (χ0v) is 5.75. The van der Waals surface area contributed by atoms with Crippen molar-refractivity contribution in [2.24, 2.45) is 0 Å². The maximum absolute atomic E-state index is 9.90. The van der Waals surface area contributed by atoms with E-state index < -0.39 is 0 Å². The van der Waals surface area contributed by atoms with E-state index in [-0.39, 0.29) is 0 Å². The molecule has 0 amide bonds. The van der Waals surface area contributed by atoms with Crippen molar-refractivity contribution in [2.45, 2.75) is 19.3 Å². The Morgan fingerprint density at radius 2 is 2.50 bits per heavy atom. The lowest BCUT2D eigenvalue weighted by Crippen LogP contribution is -1.81. The van der Waals surface area contributed by atoms with Crippen LogP contribution < -0.4 is 0 Å². The quantitative estimate of drug-likeness (QED) is 0.469. The molecule has 1 aromatic heterocycles. The van der Waals surface area contributed by atoms with Crippen molar-refractivity contribution in [3.8, 4) is 0 Å². The summed E-state index contributed by atoms with van der Waals surface area (Å²) < 4.78 is 5.06. The van der Waals surface area contributed by atoms with E-state index in [9.17, 15) is 4.79 Å². The maximum atomic E-state index is 9.90. The predicted molar refractivity (Wildman–Crippen MR) is 37.7 cm³/mol. The molecule has 0 N–H and O–H groups in total. The average Bonchev–Trinajstić information content (AvgIpc) is 2.41. The number of carbonyl (C=O) groups is 1. The molecule has 0 radical (unpaired) electrons. The lowest BCUT2D eigenvalue weighted by molar-refractivity contribution is -0.107. The minimum Gasteiger partial charge on any atom is -0.469 e. The zero-order chi connectivity index (χ0) is 7.23. The molecule has 0 saturated carbocycles. The molecule has 0 aliphatic carbocycles. The van der Waals surface area contributed by atoms with Crippen LogP contribution in [0.5, 0.6) is 0 Å². The third-order valence-corrected chi connectivity index (χ3v) is 1.33. The van der Waals surface area contributed by atoms with Crippen LogP contribution in [0.2, 0.25) is 0 Å². The van der Waals surface area contributed by atoms with Crippen molar-refractivity contribution in [1.29, 1.82) is 0 Å². The summed E-state index contributed by atoms with van der Waals surface area (Å²) in [5.74, 6) is 0.960. The van der Waals surface area contributed by atoms with Gasteiger partial charge in [-0.05, 0) is 18.6 Å². The number of aldehydes is 1. The number of hydrogen-bond donors (Lipinski definition) is 0. The summed E-state index contributed by atoms with van der Waals surface area (Å²) >= 11 is 0. The number of rotatable bonds is 4. The number of aryl methyl sites for hydroxylation is 1. The first-order chi connectivity index (χ1) is 4.93. The van der Waals surface area contributed by atoms with Crippen LogP contribution in [0.4, 0.5) is 0 Å². The van der Waals surface area contributed by atoms with Crippen LogP contribution in [0.1, 0.15) is 18.6 Å². The number of carbonyl (C=O) groups excluding carboxylic acids is 1. The Morgan fingerprint density at radius 1 is 1.60 bits per heavy atom. The lowest BCUT2D eigenvalue weighted by atomic mass is 10.2. The van der Waals surface area contributed by atoms with Crippen LogP contribution in [0.15, 0.2) is 22.8 Å². The van der Waals surface area contributed by atoms with Crippen molar-refractivity contribution in [2.75, 3.05) is 0 Å². The van der Waals surface area contributed by atoms with Gasteiger partial charge in [0.15, 0.2) is 0 Å². The summed E-state index contributed by atoms with van der Waals surface area (Å²) in [6.07, 6.45) is 4.96. The molecule has 1 rings (SSSR count). The third kappa shape index (κ3) is 2.05. The summed E-state index contributed by atoms with van der Waals surface area (Å²) in [7, 11) is 0. The molecule has 2 nitrogen and oxygen atoms in total. The SMILES string of the molecule is O=CCCCc1ccco1. The molecule has 0 bridgehead atoms. The third-order valence-electron chi connectivity index (χ3n) is 1.33. The maximum Gasteiger partial charge on any atom is 0.120 e. The molecular formula is C8H10O2. The molecule has 0 aromatic carbocycles. The molecule has 2 heteroatoms. The molecule has 0 unspecified atom stereocenters. The van der Waals surface area contributed by atoms with Crippen LogP contribution in [-0.4, -0.2) is 6.29 Å². The average molecular weight is 138 g/mol. The Labute approximate surface area is 59.8 Å². The predicted octanol–water partition coefficient (Wildman–Crippen LogP) is 1.80. The van der Waals surface area contributed by atoms with Gasteiger partial charge in [-0.2, -0.15) is 0 Å². The molecule has 0 aliphatic heterocycles. The Kier molecular flexibility index (Phi) is 2.74. The topological polar surface area (TPSA) is 30.2 Å². The smallest absolute Gasteiger partial charge is 0.120 e. The van der Waals surface area contributed by atoms with Crippen molar-refractivity contribution < 1.29 is 9.21 Å². The second kappa shape index (κ2) is 3.88. The van der Waals surface area contributed by atoms with Crippen LogP contribution in [0.3, 0.4) is 0 Å². The van der Waals surface area contributed by atoms with Crippen molar-refractivity contribution in [3.05, 3.63) is 24.2 Å². The fraction of sp³-hybridized carbons (Fsp3) is 0.375. The van der Waals surface area contributed by atoms with Gasteiger partial charge in [-0.1, -0.05) is 0 Å². The van der Waals surface area contributed by atoms with Gasteiger partial charge in [-0.15, -0.1) is 0 Å². The van der Waals surface area contributed by atoms with Gasteiger partial charge in [-0.25, -0.2) is 0 Å². The molecule has 0 spiro atoms. The van der Waals surface area contributed by atoms with Crippen LogP contribution in [0, 0.1) is 0 Å². The lowest BCUT2D eigenvalue weighted by Gasteiger charge is -1.89. The molecular weight excluding hydrogens is 128 g/mol. The molecule has 10 heavy (non-hydrogen) atoms. The van der Waals surface area contributed by atoms with Crippen LogP contribution >= 0.6 is 0 Å². The van der Waals surface area contributed by atoms with E-state index in [1.54, 1.807) is 6.26 Å². The van der Waals surface area contributed by atoms with E-state index in [1.165, 1.54) is 0 Å². The normalized spacial score (nSPS) is 9.60. The monoisotopic (exact) mass is 138 g/mol. The Balaban J connectivity index is 2.21. The largest absolute Gasteiger partial charge is 0.469 e. The Bertz CT molecular complexity index is 177. The Hall–Kier alpha value is -1.05. The molecule has 1 heterocycles. The highest BCUT2D eigenvalue weighted by molar-refractivity contribution is 5.49. The summed E-state index contributed by atoms with van der Waals surface area (Å²) in [6, 6.07) is 3.78. The van der Waals surface area contributed by atoms with Crippen molar-refractivity contribution in [1.82, 2.24) is 0 Å². The van der Waals surface area contributed by atoms with Crippen LogP contribution in [0.25, 0.3) is 0 Å². The summed E-state index contributed by atoms with van der Waals surface area (Å²) in [5, 5.41) is 0. The Morgan fingerprint density at radius 3 is 3.10 bits per heavy atom. The molecule has 0 saturated heterocycles.